The first-order valence-electron chi connectivity index (χ1n) is 12.0. The fourth-order valence-electron chi connectivity index (χ4n) is 3.50. The third kappa shape index (κ3) is 8.88. The molecule has 2 rings (SSSR count). The van der Waals surface area contributed by atoms with Crippen LogP contribution in [0.4, 0.5) is 0 Å². The topological polar surface area (TPSA) is 143 Å². The number of amides is 4. The van der Waals surface area contributed by atoms with Gasteiger partial charge in [-0.1, -0.05) is 61.4 Å². The summed E-state index contributed by atoms with van der Waals surface area (Å²) in [6, 6.07) is -2.86. The second-order valence-corrected chi connectivity index (χ2v) is 11.9. The second kappa shape index (κ2) is 14.3. The molecule has 2 heterocycles. The van der Waals surface area contributed by atoms with Crippen LogP contribution in [0, 0.1) is 11.8 Å². The Labute approximate surface area is 220 Å². The van der Waals surface area contributed by atoms with E-state index in [-0.39, 0.29) is 29.7 Å². The number of hydrogen-bond acceptors (Lipinski definition) is 8. The number of carbonyl (C=O) groups is 5. The van der Waals surface area contributed by atoms with E-state index in [1.54, 1.807) is 40.7 Å². The highest BCUT2D eigenvalue weighted by atomic mass is 33.1. The number of hydrogen-bond donors (Lipinski definition) is 4. The fourth-order valence-corrected chi connectivity index (χ4v) is 5.66. The third-order valence-corrected chi connectivity index (χ3v) is 8.03. The van der Waals surface area contributed by atoms with Crippen molar-refractivity contribution in [2.24, 2.45) is 11.8 Å². The number of ether oxygens (including phenoxy) is 1. The van der Waals surface area contributed by atoms with Crippen molar-refractivity contribution in [3.05, 3.63) is 23.9 Å². The zero-order chi connectivity index (χ0) is 26.8. The molecule has 200 valence electrons. The zero-order valence-corrected chi connectivity index (χ0v) is 22.9. The summed E-state index contributed by atoms with van der Waals surface area (Å²) in [6.45, 7) is 8.66. The van der Waals surface area contributed by atoms with E-state index in [9.17, 15) is 24.0 Å². The Morgan fingerprint density at radius 3 is 2.28 bits per heavy atom. The van der Waals surface area contributed by atoms with Gasteiger partial charge in [-0.3, -0.25) is 19.2 Å². The Hall–Kier alpha value is -2.47. The minimum absolute atomic E-state index is 0.0445. The predicted molar refractivity (Wildman–Crippen MR) is 141 cm³/mol. The van der Waals surface area contributed by atoms with Gasteiger partial charge in [-0.15, -0.1) is 0 Å². The molecule has 0 spiro atoms. The molecule has 0 aromatic carbocycles. The van der Waals surface area contributed by atoms with Crippen LogP contribution in [0.5, 0.6) is 0 Å². The average molecular weight is 541 g/mol. The van der Waals surface area contributed by atoms with Gasteiger partial charge in [-0.05, 0) is 31.3 Å². The van der Waals surface area contributed by atoms with E-state index in [1.807, 2.05) is 6.08 Å². The molecule has 4 atom stereocenters. The molecular weight excluding hydrogens is 504 g/mol. The molecule has 0 radical (unpaired) electrons. The van der Waals surface area contributed by atoms with Crippen LogP contribution in [-0.2, 0) is 28.7 Å². The van der Waals surface area contributed by atoms with Crippen molar-refractivity contribution in [1.29, 1.82) is 0 Å². The van der Waals surface area contributed by atoms with E-state index < -0.39 is 53.8 Å². The molecule has 1 unspecified atom stereocenters. The molecule has 2 bridgehead atoms. The van der Waals surface area contributed by atoms with Crippen molar-refractivity contribution < 1.29 is 28.7 Å². The van der Waals surface area contributed by atoms with Gasteiger partial charge in [0.1, 0.15) is 29.9 Å². The maximum absolute atomic E-state index is 13.2. The van der Waals surface area contributed by atoms with Crippen LogP contribution in [0.1, 0.15) is 47.5 Å². The van der Waals surface area contributed by atoms with Crippen molar-refractivity contribution in [3.8, 4) is 0 Å². The lowest BCUT2D eigenvalue weighted by Crippen LogP contribution is -2.57. The first kappa shape index (κ1) is 29.8. The Balaban J connectivity index is 2.55. The highest BCUT2D eigenvalue weighted by Crippen LogP contribution is 2.24. The lowest BCUT2D eigenvalue weighted by molar-refractivity contribution is -0.153. The molecule has 4 N–H and O–H groups in total. The second-order valence-electron chi connectivity index (χ2n) is 9.24. The summed E-state index contributed by atoms with van der Waals surface area (Å²) in [7, 11) is 2.95. The maximum Gasteiger partial charge on any atom is 0.329 e. The van der Waals surface area contributed by atoms with Gasteiger partial charge in [0.2, 0.25) is 17.7 Å². The molecule has 2 aliphatic heterocycles. The predicted octanol–water partition coefficient (Wildman–Crippen LogP) is 1.43. The van der Waals surface area contributed by atoms with Crippen LogP contribution < -0.4 is 21.3 Å². The molecule has 10 nitrogen and oxygen atoms in total. The van der Waals surface area contributed by atoms with Crippen LogP contribution in [0.15, 0.2) is 23.9 Å². The number of allylic oxidation sites excluding steroid dienone is 2. The summed E-state index contributed by atoms with van der Waals surface area (Å²) in [5, 5.41) is 10.7. The molecule has 4 amide bonds. The van der Waals surface area contributed by atoms with Crippen molar-refractivity contribution >= 4 is 51.2 Å². The third-order valence-electron chi connectivity index (χ3n) is 5.59. The van der Waals surface area contributed by atoms with Gasteiger partial charge < -0.3 is 26.0 Å². The summed E-state index contributed by atoms with van der Waals surface area (Å²) in [6.07, 6.45) is 4.51. The smallest absolute Gasteiger partial charge is 0.329 e. The number of carbonyl (C=O) groups excluding carboxylic acids is 5. The van der Waals surface area contributed by atoms with Crippen molar-refractivity contribution in [2.75, 3.05) is 11.5 Å². The van der Waals surface area contributed by atoms with Gasteiger partial charge >= 0.3 is 5.97 Å². The molecule has 12 heteroatoms. The Bertz CT molecular complexity index is 905. The summed E-state index contributed by atoms with van der Waals surface area (Å²) in [5.74, 6) is -2.54. The molecule has 36 heavy (non-hydrogen) atoms. The largest absolute Gasteiger partial charge is 0.456 e. The zero-order valence-electron chi connectivity index (χ0n) is 21.3. The monoisotopic (exact) mass is 540 g/mol. The number of esters is 1. The maximum atomic E-state index is 13.2. The Kier molecular flexibility index (Phi) is 11.8. The lowest BCUT2D eigenvalue weighted by atomic mass is 10.0. The molecule has 2 aliphatic rings. The van der Waals surface area contributed by atoms with Gasteiger partial charge in [0.25, 0.3) is 5.91 Å². The quantitative estimate of drug-likeness (QED) is 0.178. The van der Waals surface area contributed by atoms with Crippen LogP contribution in [0.25, 0.3) is 0 Å². The van der Waals surface area contributed by atoms with E-state index >= 15 is 0 Å². The first-order chi connectivity index (χ1) is 17.0. The van der Waals surface area contributed by atoms with Crippen molar-refractivity contribution in [3.63, 3.8) is 0 Å². The molecule has 0 saturated carbocycles. The minimum atomic E-state index is -1.00. The number of fused-ring (bicyclic) bond motifs is 7. The van der Waals surface area contributed by atoms with Gasteiger partial charge in [0.05, 0.1) is 6.42 Å². The number of rotatable bonds is 2. The van der Waals surface area contributed by atoms with E-state index in [4.69, 9.17) is 4.74 Å². The average Bonchev–Trinajstić information content (AvgIpc) is 2.81. The minimum Gasteiger partial charge on any atom is -0.456 e. The summed E-state index contributed by atoms with van der Waals surface area (Å²) in [4.78, 5) is 65.2. The van der Waals surface area contributed by atoms with Gasteiger partial charge in [0, 0.05) is 11.5 Å². The summed E-state index contributed by atoms with van der Waals surface area (Å²) >= 11 is 0. The molecule has 1 saturated heterocycles. The van der Waals surface area contributed by atoms with Crippen molar-refractivity contribution in [2.45, 2.75) is 71.7 Å². The van der Waals surface area contributed by atoms with E-state index in [1.165, 1.54) is 27.7 Å². The molecule has 0 aromatic heterocycles. The van der Waals surface area contributed by atoms with Crippen LogP contribution in [0.3, 0.4) is 0 Å². The first-order valence-corrected chi connectivity index (χ1v) is 14.5. The highest BCUT2D eigenvalue weighted by Gasteiger charge is 2.33. The van der Waals surface area contributed by atoms with E-state index in [2.05, 4.69) is 21.3 Å². The molecule has 0 aromatic rings. The van der Waals surface area contributed by atoms with Crippen molar-refractivity contribution in [1.82, 2.24) is 21.3 Å². The Morgan fingerprint density at radius 2 is 1.64 bits per heavy atom. The van der Waals surface area contributed by atoms with Crippen LogP contribution >= 0.6 is 21.6 Å². The van der Waals surface area contributed by atoms with E-state index in [0.717, 1.165) is 0 Å². The lowest BCUT2D eigenvalue weighted by Gasteiger charge is -2.27. The highest BCUT2D eigenvalue weighted by molar-refractivity contribution is 8.76. The normalized spacial score (nSPS) is 29.6. The fraction of sp³-hybridized carbons (Fsp3) is 0.625. The molecule has 1 fully saturated rings. The van der Waals surface area contributed by atoms with Crippen LogP contribution in [0.2, 0.25) is 0 Å². The van der Waals surface area contributed by atoms with E-state index in [0.29, 0.717) is 12.2 Å². The van der Waals surface area contributed by atoms with Gasteiger partial charge in [0.15, 0.2) is 0 Å². The molecule has 0 aliphatic carbocycles. The summed E-state index contributed by atoms with van der Waals surface area (Å²) < 4.78 is 5.65. The Morgan fingerprint density at radius 1 is 0.944 bits per heavy atom. The van der Waals surface area contributed by atoms with Crippen LogP contribution in [-0.4, -0.2) is 65.3 Å². The van der Waals surface area contributed by atoms with Gasteiger partial charge in [-0.2, -0.15) is 0 Å². The standard InChI is InChI=1S/C24H36N4O6S2/c1-6-16-21(30)28-20(14(4)5)24(33)34-15-9-7-8-10-35-36-12-17(22(31)25-16)26-23(32)19(13(2)3)27-18(29)11-15/h6-7,9,13-15,17,19-20H,8,10-12H2,1-5H3,(H,25,31)(H,26,32)(H,27,29)(H,28,30)/b9-7+,16-6-/t15?,17-,19+,20+/m1/s1. The molecular formula is C24H36N4O6S2. The summed E-state index contributed by atoms with van der Waals surface area (Å²) in [5.41, 5.74) is -0.0445. The number of nitrogens with one attached hydrogen (secondary N) is 4. The van der Waals surface area contributed by atoms with Gasteiger partial charge in [-0.25, -0.2) is 4.79 Å². The SMILES string of the molecule is C/C=C1\NC(=O)[C@H]2CSSCC/C=C/C(CC(=O)N[C@@H](C(C)C)C(=O)N2)OC(=O)[C@H](C(C)C)NC1=O.